The first kappa shape index (κ1) is 23.2. The minimum Gasteiger partial charge on any atom is -0.481 e. The predicted molar refractivity (Wildman–Crippen MR) is 73.9 cm³/mol. The van der Waals surface area contributed by atoms with E-state index in [4.69, 9.17) is 20.4 Å². The van der Waals surface area contributed by atoms with Gasteiger partial charge in [0.15, 0.2) is 0 Å². The van der Waals surface area contributed by atoms with Gasteiger partial charge in [0.25, 0.3) is 0 Å². The number of carbonyl (C=O) groups is 4. The molecular weight excluding hydrogens is 284 g/mol. The zero-order valence-corrected chi connectivity index (χ0v) is 11.8. The van der Waals surface area contributed by atoms with Crippen LogP contribution in [0.15, 0.2) is 36.5 Å². The molecule has 0 amide bonds. The molecule has 0 spiro atoms. The molecule has 0 saturated heterocycles. The summed E-state index contributed by atoms with van der Waals surface area (Å²) in [6, 6.07) is 0. The van der Waals surface area contributed by atoms with Gasteiger partial charge in [-0.1, -0.05) is 19.7 Å². The van der Waals surface area contributed by atoms with Gasteiger partial charge in [-0.2, -0.15) is 0 Å². The van der Waals surface area contributed by atoms with Crippen LogP contribution in [-0.2, 0) is 19.2 Å². The first-order valence-corrected chi connectivity index (χ1v) is 5.23. The van der Waals surface area contributed by atoms with Crippen LogP contribution in [0.5, 0.6) is 0 Å². The highest BCUT2D eigenvalue weighted by molar-refractivity contribution is 5.91. The number of hydrogen-bond donors (Lipinski definition) is 4. The summed E-state index contributed by atoms with van der Waals surface area (Å²) in [7, 11) is 0. The Morgan fingerprint density at radius 2 is 0.952 bits per heavy atom. The number of aliphatic carboxylic acids is 4. The van der Waals surface area contributed by atoms with Gasteiger partial charge in [0.05, 0.1) is 6.42 Å². The van der Waals surface area contributed by atoms with Crippen molar-refractivity contribution in [3.05, 3.63) is 36.5 Å². The highest BCUT2D eigenvalue weighted by Gasteiger charge is 2.07. The topological polar surface area (TPSA) is 149 Å². The summed E-state index contributed by atoms with van der Waals surface area (Å²) in [6.07, 6.45) is -0.505. The maximum atomic E-state index is 9.87. The summed E-state index contributed by atoms with van der Waals surface area (Å²) < 4.78 is 0. The van der Waals surface area contributed by atoms with Gasteiger partial charge in [0.2, 0.25) is 0 Å². The predicted octanol–water partition coefficient (Wildman–Crippen LogP) is 1.40. The minimum atomic E-state index is -1.27. The molecule has 0 fully saturated rings. The van der Waals surface area contributed by atoms with Crippen molar-refractivity contribution in [1.29, 1.82) is 0 Å². The first-order chi connectivity index (χ1) is 9.32. The fourth-order valence-corrected chi connectivity index (χ4v) is 0.258. The molecule has 0 aromatic heterocycles. The minimum absolute atomic E-state index is 0.176. The molecule has 0 saturated carbocycles. The quantitative estimate of drug-likeness (QED) is 0.556. The van der Waals surface area contributed by atoms with Crippen LogP contribution in [0.25, 0.3) is 0 Å². The van der Waals surface area contributed by atoms with E-state index in [1.807, 2.05) is 0 Å². The van der Waals surface area contributed by atoms with Gasteiger partial charge in [0, 0.05) is 16.7 Å². The number of hydrogen-bond acceptors (Lipinski definition) is 4. The third kappa shape index (κ3) is 22.7. The Morgan fingerprint density at radius 3 is 1.00 bits per heavy atom. The van der Waals surface area contributed by atoms with Crippen molar-refractivity contribution < 1.29 is 39.6 Å². The average molecular weight is 302 g/mol. The van der Waals surface area contributed by atoms with Crippen LogP contribution in [0.1, 0.15) is 20.3 Å². The Bertz CT molecular complexity index is 411. The van der Waals surface area contributed by atoms with Gasteiger partial charge in [0.1, 0.15) is 0 Å². The lowest BCUT2D eigenvalue weighted by atomic mass is 10.2. The molecule has 0 radical (unpaired) electrons. The normalized spacial score (nSPS) is 7.90. The van der Waals surface area contributed by atoms with Crippen molar-refractivity contribution in [3.63, 3.8) is 0 Å². The third-order valence-corrected chi connectivity index (χ3v) is 1.40. The van der Waals surface area contributed by atoms with Crippen LogP contribution >= 0.6 is 0 Å². The van der Waals surface area contributed by atoms with Gasteiger partial charge in [-0.15, -0.1) is 0 Å². The SMILES string of the molecule is C=C(C)C(=O)O.C=C(C)C(=O)O.C=C(CC(=O)O)C(=O)O. The Kier molecular flexibility index (Phi) is 13.4. The van der Waals surface area contributed by atoms with Crippen LogP contribution in [0.4, 0.5) is 0 Å². The van der Waals surface area contributed by atoms with Crippen LogP contribution in [0, 0.1) is 0 Å². The lowest BCUT2D eigenvalue weighted by Gasteiger charge is -1.91. The van der Waals surface area contributed by atoms with E-state index in [9.17, 15) is 19.2 Å². The molecule has 0 heterocycles. The Morgan fingerprint density at radius 1 is 0.714 bits per heavy atom. The maximum absolute atomic E-state index is 9.87. The van der Waals surface area contributed by atoms with E-state index in [-0.39, 0.29) is 16.7 Å². The van der Waals surface area contributed by atoms with Crippen molar-refractivity contribution in [3.8, 4) is 0 Å². The standard InChI is InChI=1S/C5H6O4.2C4H6O2/c1-3(5(8)9)2-4(6)7;2*1-3(2)4(5)6/h1-2H2,(H,6,7)(H,8,9);2*1H2,2H3,(H,5,6). The van der Waals surface area contributed by atoms with Gasteiger partial charge in [-0.3, -0.25) is 4.79 Å². The van der Waals surface area contributed by atoms with Crippen molar-refractivity contribution in [1.82, 2.24) is 0 Å². The van der Waals surface area contributed by atoms with E-state index >= 15 is 0 Å². The molecule has 0 aromatic carbocycles. The molecule has 21 heavy (non-hydrogen) atoms. The zero-order valence-electron chi connectivity index (χ0n) is 11.8. The monoisotopic (exact) mass is 302 g/mol. The van der Waals surface area contributed by atoms with Crippen LogP contribution in [0.3, 0.4) is 0 Å². The fourth-order valence-electron chi connectivity index (χ4n) is 0.258. The molecule has 0 aliphatic carbocycles. The average Bonchev–Trinajstić information content (AvgIpc) is 2.29. The summed E-state index contributed by atoms with van der Waals surface area (Å²) >= 11 is 0. The van der Waals surface area contributed by atoms with E-state index < -0.39 is 30.3 Å². The molecule has 0 aromatic rings. The van der Waals surface area contributed by atoms with Crippen LogP contribution < -0.4 is 0 Å². The number of carboxylic acids is 4. The molecule has 0 aliphatic rings. The van der Waals surface area contributed by atoms with E-state index in [1.54, 1.807) is 0 Å². The van der Waals surface area contributed by atoms with Gasteiger partial charge < -0.3 is 20.4 Å². The Balaban J connectivity index is -0.000000240. The molecule has 4 N–H and O–H groups in total. The van der Waals surface area contributed by atoms with E-state index in [2.05, 4.69) is 19.7 Å². The van der Waals surface area contributed by atoms with Crippen molar-refractivity contribution in [2.24, 2.45) is 0 Å². The summed E-state index contributed by atoms with van der Waals surface area (Å²) in [5.74, 6) is -4.31. The van der Waals surface area contributed by atoms with Crippen LogP contribution in [0.2, 0.25) is 0 Å². The summed E-state index contributed by atoms with van der Waals surface area (Å²) in [5, 5.41) is 31.9. The highest BCUT2D eigenvalue weighted by atomic mass is 16.4. The second-order valence-corrected chi connectivity index (χ2v) is 3.65. The molecule has 8 nitrogen and oxygen atoms in total. The molecule has 0 bridgehead atoms. The smallest absolute Gasteiger partial charge is 0.331 e. The maximum Gasteiger partial charge on any atom is 0.331 e. The molecule has 0 atom stereocenters. The third-order valence-electron chi connectivity index (χ3n) is 1.40. The second kappa shape index (κ2) is 12.2. The van der Waals surface area contributed by atoms with Crippen molar-refractivity contribution in [2.75, 3.05) is 0 Å². The van der Waals surface area contributed by atoms with Crippen molar-refractivity contribution >= 4 is 23.9 Å². The number of rotatable bonds is 5. The van der Waals surface area contributed by atoms with Gasteiger partial charge in [-0.25, -0.2) is 14.4 Å². The van der Waals surface area contributed by atoms with E-state index in [1.165, 1.54) is 13.8 Å². The molecule has 118 valence electrons. The first-order valence-electron chi connectivity index (χ1n) is 5.23. The van der Waals surface area contributed by atoms with E-state index in [0.29, 0.717) is 0 Å². The zero-order chi connectivity index (χ0) is 17.7. The number of carboxylic acid groups (broad SMARTS) is 4. The largest absolute Gasteiger partial charge is 0.481 e. The second-order valence-electron chi connectivity index (χ2n) is 3.65. The molecule has 0 unspecified atom stereocenters. The van der Waals surface area contributed by atoms with E-state index in [0.717, 1.165) is 0 Å². The van der Waals surface area contributed by atoms with Gasteiger partial charge >= 0.3 is 23.9 Å². The Hall–Kier alpha value is -2.90. The Labute approximate surface area is 121 Å². The van der Waals surface area contributed by atoms with Gasteiger partial charge in [-0.05, 0) is 13.8 Å². The molecule has 0 rings (SSSR count). The lowest BCUT2D eigenvalue weighted by Crippen LogP contribution is -2.04. The highest BCUT2D eigenvalue weighted by Crippen LogP contribution is 1.95. The van der Waals surface area contributed by atoms with Crippen LogP contribution in [-0.4, -0.2) is 44.3 Å². The summed E-state index contributed by atoms with van der Waals surface area (Å²) in [6.45, 7) is 12.2. The summed E-state index contributed by atoms with van der Waals surface area (Å²) in [4.78, 5) is 38.9. The summed E-state index contributed by atoms with van der Waals surface area (Å²) in [5.41, 5.74) is 0.0486. The molecular formula is C13H18O8. The lowest BCUT2D eigenvalue weighted by molar-refractivity contribution is -0.139. The molecule has 0 aliphatic heterocycles. The molecule has 8 heteroatoms. The fraction of sp³-hybridized carbons (Fsp3) is 0.231. The van der Waals surface area contributed by atoms with Crippen molar-refractivity contribution in [2.45, 2.75) is 20.3 Å².